The van der Waals surface area contributed by atoms with E-state index >= 15 is 0 Å². The minimum absolute atomic E-state index is 0.243. The van der Waals surface area contributed by atoms with Gasteiger partial charge in [0.2, 0.25) is 0 Å². The molecular weight excluding hydrogens is 478 g/mol. The molecular formula is C28H22ClN3O4. The first-order chi connectivity index (χ1) is 17.4. The number of amides is 2. The van der Waals surface area contributed by atoms with Crippen LogP contribution in [0.25, 0.3) is 10.8 Å². The molecule has 0 aliphatic carbocycles. The molecule has 8 heteroatoms. The smallest absolute Gasteiger partial charge is 0.343 e. The number of nitrogens with zero attached hydrogens (tertiary/aromatic N) is 1. The fourth-order valence-electron chi connectivity index (χ4n) is 3.46. The second kappa shape index (κ2) is 11.3. The van der Waals surface area contributed by atoms with Crippen LogP contribution in [0.2, 0.25) is 5.02 Å². The lowest BCUT2D eigenvalue weighted by molar-refractivity contribution is -0.136. The van der Waals surface area contributed by atoms with Gasteiger partial charge in [0, 0.05) is 16.3 Å². The zero-order chi connectivity index (χ0) is 25.5. The Morgan fingerprint density at radius 2 is 1.61 bits per heavy atom. The summed E-state index contributed by atoms with van der Waals surface area (Å²) in [5.74, 6) is -2.13. The lowest BCUT2D eigenvalue weighted by Gasteiger charge is -2.10. The molecule has 36 heavy (non-hydrogen) atoms. The monoisotopic (exact) mass is 499 g/mol. The van der Waals surface area contributed by atoms with Crippen molar-refractivity contribution in [1.82, 2.24) is 5.43 Å². The van der Waals surface area contributed by atoms with Crippen LogP contribution in [0.1, 0.15) is 28.4 Å². The quantitative estimate of drug-likeness (QED) is 0.123. The number of ether oxygens (including phenoxy) is 1. The lowest BCUT2D eigenvalue weighted by atomic mass is 10.0. The van der Waals surface area contributed by atoms with Gasteiger partial charge in [-0.25, -0.2) is 10.2 Å². The minimum Gasteiger partial charge on any atom is -0.422 e. The molecule has 2 N–H and O–H groups in total. The van der Waals surface area contributed by atoms with E-state index in [0.29, 0.717) is 21.8 Å². The molecule has 0 saturated carbocycles. The van der Waals surface area contributed by atoms with Gasteiger partial charge in [0.25, 0.3) is 0 Å². The molecule has 0 fully saturated rings. The largest absolute Gasteiger partial charge is 0.422 e. The second-order valence-corrected chi connectivity index (χ2v) is 8.24. The fraction of sp³-hybridized carbons (Fsp3) is 0.0714. The number of esters is 1. The number of carbonyl (C=O) groups is 3. The van der Waals surface area contributed by atoms with Crippen molar-refractivity contribution in [2.75, 3.05) is 5.32 Å². The molecule has 7 nitrogen and oxygen atoms in total. The molecule has 2 amide bonds. The van der Waals surface area contributed by atoms with E-state index in [-0.39, 0.29) is 5.75 Å². The van der Waals surface area contributed by atoms with E-state index in [9.17, 15) is 14.4 Å². The number of carbonyl (C=O) groups excluding carboxylic acids is 3. The van der Waals surface area contributed by atoms with Gasteiger partial charge < -0.3 is 10.1 Å². The van der Waals surface area contributed by atoms with Gasteiger partial charge in [-0.2, -0.15) is 5.10 Å². The van der Waals surface area contributed by atoms with Crippen molar-refractivity contribution < 1.29 is 19.1 Å². The third-order valence-electron chi connectivity index (χ3n) is 5.40. The Bertz CT molecular complexity index is 1450. The van der Waals surface area contributed by atoms with Crippen molar-refractivity contribution in [1.29, 1.82) is 0 Å². The van der Waals surface area contributed by atoms with Crippen molar-refractivity contribution in [3.05, 3.63) is 107 Å². The van der Waals surface area contributed by atoms with Gasteiger partial charge in [0.1, 0.15) is 5.75 Å². The van der Waals surface area contributed by atoms with Gasteiger partial charge in [-0.05, 0) is 65.2 Å². The fourth-order valence-corrected chi connectivity index (χ4v) is 3.59. The Morgan fingerprint density at radius 1 is 0.889 bits per heavy atom. The summed E-state index contributed by atoms with van der Waals surface area (Å²) in [5.41, 5.74) is 4.63. The molecule has 0 spiro atoms. The lowest BCUT2D eigenvalue weighted by Crippen LogP contribution is -2.32. The molecule has 0 bridgehead atoms. The molecule has 4 aromatic rings. The maximum atomic E-state index is 12.7. The number of hydrogen-bond donors (Lipinski definition) is 2. The maximum absolute atomic E-state index is 12.7. The van der Waals surface area contributed by atoms with Crippen LogP contribution < -0.4 is 15.5 Å². The van der Waals surface area contributed by atoms with Crippen LogP contribution in [0, 0.1) is 0 Å². The third kappa shape index (κ3) is 5.95. The van der Waals surface area contributed by atoms with E-state index in [0.717, 1.165) is 22.8 Å². The molecule has 4 rings (SSSR count). The van der Waals surface area contributed by atoms with Crippen LogP contribution in [0.4, 0.5) is 5.69 Å². The summed E-state index contributed by atoms with van der Waals surface area (Å²) in [6.45, 7) is 2.03. The molecule has 0 aromatic heterocycles. The molecule has 0 unspecified atom stereocenters. The van der Waals surface area contributed by atoms with E-state index in [2.05, 4.69) is 15.8 Å². The number of hydrazone groups is 1. The molecule has 0 aliphatic heterocycles. The predicted octanol–water partition coefficient (Wildman–Crippen LogP) is 5.36. The summed E-state index contributed by atoms with van der Waals surface area (Å²) < 4.78 is 5.62. The Labute approximate surface area is 212 Å². The van der Waals surface area contributed by atoms with Gasteiger partial charge in [-0.15, -0.1) is 0 Å². The van der Waals surface area contributed by atoms with Crippen LogP contribution >= 0.6 is 11.6 Å². The number of nitrogens with one attached hydrogen (secondary N) is 2. The summed E-state index contributed by atoms with van der Waals surface area (Å²) in [6, 6.07) is 24.4. The van der Waals surface area contributed by atoms with Gasteiger partial charge in [-0.1, -0.05) is 61.0 Å². The van der Waals surface area contributed by atoms with Gasteiger partial charge in [0.15, 0.2) is 0 Å². The standard InChI is InChI=1S/C28H22ClN3O4/c1-2-18-7-14-22(15-8-18)31-26(33)27(34)32-30-17-24-23-6-4-3-5-19(23)11-16-25(24)36-28(35)20-9-12-21(29)13-10-20/h3-17H,2H2,1H3,(H,31,33)(H,32,34). The van der Waals surface area contributed by atoms with Crippen molar-refractivity contribution >= 4 is 52.1 Å². The molecule has 0 saturated heterocycles. The normalized spacial score (nSPS) is 10.8. The topological polar surface area (TPSA) is 96.9 Å². The zero-order valence-electron chi connectivity index (χ0n) is 19.3. The Morgan fingerprint density at radius 3 is 2.33 bits per heavy atom. The Hall–Kier alpha value is -4.49. The van der Waals surface area contributed by atoms with E-state index in [1.54, 1.807) is 42.5 Å². The summed E-state index contributed by atoms with van der Waals surface area (Å²) in [4.78, 5) is 37.2. The zero-order valence-corrected chi connectivity index (χ0v) is 20.1. The molecule has 4 aromatic carbocycles. The minimum atomic E-state index is -0.939. The molecule has 180 valence electrons. The highest BCUT2D eigenvalue weighted by Crippen LogP contribution is 2.27. The highest BCUT2D eigenvalue weighted by atomic mass is 35.5. The SMILES string of the molecule is CCc1ccc(NC(=O)C(=O)NN=Cc2c(OC(=O)c3ccc(Cl)cc3)ccc3ccccc23)cc1. The van der Waals surface area contributed by atoms with E-state index in [1.165, 1.54) is 6.21 Å². The summed E-state index contributed by atoms with van der Waals surface area (Å²) >= 11 is 5.90. The Balaban J connectivity index is 1.51. The number of anilines is 1. The summed E-state index contributed by atoms with van der Waals surface area (Å²) in [6.07, 6.45) is 2.21. The van der Waals surface area contributed by atoms with Crippen LogP contribution in [-0.4, -0.2) is 24.0 Å². The van der Waals surface area contributed by atoms with Crippen molar-refractivity contribution in [2.24, 2.45) is 5.10 Å². The summed E-state index contributed by atoms with van der Waals surface area (Å²) in [7, 11) is 0. The average Bonchev–Trinajstić information content (AvgIpc) is 2.90. The first kappa shape index (κ1) is 24.6. The molecule has 0 radical (unpaired) electrons. The summed E-state index contributed by atoms with van der Waals surface area (Å²) in [5, 5.41) is 8.60. The first-order valence-electron chi connectivity index (χ1n) is 11.2. The van der Waals surface area contributed by atoms with Gasteiger partial charge in [0.05, 0.1) is 11.8 Å². The van der Waals surface area contributed by atoms with E-state index < -0.39 is 17.8 Å². The number of rotatable bonds is 6. The highest BCUT2D eigenvalue weighted by Gasteiger charge is 2.15. The number of aryl methyl sites for hydroxylation is 1. The van der Waals surface area contributed by atoms with Crippen LogP contribution in [0.5, 0.6) is 5.75 Å². The van der Waals surface area contributed by atoms with E-state index in [4.69, 9.17) is 16.3 Å². The van der Waals surface area contributed by atoms with Crippen LogP contribution in [0.15, 0.2) is 90.0 Å². The van der Waals surface area contributed by atoms with Crippen LogP contribution in [0.3, 0.4) is 0 Å². The molecule has 0 aliphatic rings. The van der Waals surface area contributed by atoms with Crippen LogP contribution in [-0.2, 0) is 16.0 Å². The van der Waals surface area contributed by atoms with Crippen molar-refractivity contribution in [3.8, 4) is 5.75 Å². The number of benzene rings is 4. The number of hydrogen-bond acceptors (Lipinski definition) is 5. The van der Waals surface area contributed by atoms with Gasteiger partial charge in [-0.3, -0.25) is 9.59 Å². The Kier molecular flexibility index (Phi) is 7.72. The maximum Gasteiger partial charge on any atom is 0.343 e. The molecule has 0 atom stereocenters. The predicted molar refractivity (Wildman–Crippen MR) is 141 cm³/mol. The molecule has 0 heterocycles. The first-order valence-corrected chi connectivity index (χ1v) is 11.5. The van der Waals surface area contributed by atoms with Gasteiger partial charge >= 0.3 is 17.8 Å². The number of fused-ring (bicyclic) bond motifs is 1. The average molecular weight is 500 g/mol. The number of halogens is 1. The van der Waals surface area contributed by atoms with Crippen molar-refractivity contribution in [3.63, 3.8) is 0 Å². The van der Waals surface area contributed by atoms with E-state index in [1.807, 2.05) is 49.4 Å². The highest BCUT2D eigenvalue weighted by molar-refractivity contribution is 6.39. The third-order valence-corrected chi connectivity index (χ3v) is 5.65. The van der Waals surface area contributed by atoms with Crippen molar-refractivity contribution in [2.45, 2.75) is 13.3 Å². The second-order valence-electron chi connectivity index (χ2n) is 7.80.